The summed E-state index contributed by atoms with van der Waals surface area (Å²) in [6.45, 7) is 7.05. The normalized spacial score (nSPS) is 14.9. The summed E-state index contributed by atoms with van der Waals surface area (Å²) in [5, 5.41) is 3.07. The number of carbonyl (C=O) groups excluding carboxylic acids is 1. The molecule has 6 heteroatoms. The SMILES string of the molecule is Cc1cc(Br)ccc1SCC(=O)NCc1ccccc1CN1CCOCC1. The van der Waals surface area contributed by atoms with Crippen LogP contribution in [0.2, 0.25) is 0 Å². The third-order valence-corrected chi connectivity index (χ3v) is 6.26. The highest BCUT2D eigenvalue weighted by molar-refractivity contribution is 9.10. The second-order valence-electron chi connectivity index (χ2n) is 6.63. The van der Waals surface area contributed by atoms with Crippen LogP contribution in [0.25, 0.3) is 0 Å². The molecule has 2 aromatic carbocycles. The van der Waals surface area contributed by atoms with E-state index in [0.717, 1.165) is 42.2 Å². The first-order chi connectivity index (χ1) is 13.1. The molecule has 0 saturated carbocycles. The van der Waals surface area contributed by atoms with Gasteiger partial charge in [-0.1, -0.05) is 40.2 Å². The summed E-state index contributed by atoms with van der Waals surface area (Å²) in [5.74, 6) is 0.483. The minimum Gasteiger partial charge on any atom is -0.379 e. The van der Waals surface area contributed by atoms with Crippen LogP contribution in [0.5, 0.6) is 0 Å². The standard InChI is InChI=1S/C21H25BrN2O2S/c1-16-12-19(22)6-7-20(16)27-15-21(25)23-13-17-4-2-3-5-18(17)14-24-8-10-26-11-9-24/h2-7,12H,8-11,13-15H2,1H3,(H,23,25). The Labute approximate surface area is 173 Å². The quantitative estimate of drug-likeness (QED) is 0.649. The number of amides is 1. The minimum atomic E-state index is 0.0588. The molecule has 4 nitrogen and oxygen atoms in total. The van der Waals surface area contributed by atoms with Gasteiger partial charge in [0.25, 0.3) is 0 Å². The Bertz CT molecular complexity index is 779. The van der Waals surface area contributed by atoms with E-state index in [1.807, 2.05) is 12.1 Å². The first kappa shape index (κ1) is 20.4. The monoisotopic (exact) mass is 448 g/mol. The number of aryl methyl sites for hydroxylation is 1. The summed E-state index contributed by atoms with van der Waals surface area (Å²) in [6, 6.07) is 14.5. The summed E-state index contributed by atoms with van der Waals surface area (Å²) in [6.07, 6.45) is 0. The lowest BCUT2D eigenvalue weighted by Gasteiger charge is -2.27. The number of nitrogens with one attached hydrogen (secondary N) is 1. The Balaban J connectivity index is 1.51. The van der Waals surface area contributed by atoms with Crippen molar-refractivity contribution >= 4 is 33.6 Å². The van der Waals surface area contributed by atoms with Crippen LogP contribution >= 0.6 is 27.7 Å². The van der Waals surface area contributed by atoms with Crippen LogP contribution in [-0.2, 0) is 22.6 Å². The Morgan fingerprint density at radius 2 is 1.93 bits per heavy atom. The Kier molecular flexibility index (Phi) is 7.76. The molecule has 0 bridgehead atoms. The number of carbonyl (C=O) groups is 1. The van der Waals surface area contributed by atoms with Crippen LogP contribution in [0, 0.1) is 6.92 Å². The van der Waals surface area contributed by atoms with Crippen molar-refractivity contribution < 1.29 is 9.53 Å². The van der Waals surface area contributed by atoms with Crippen molar-refractivity contribution in [1.29, 1.82) is 0 Å². The molecular formula is C21H25BrN2O2S. The maximum Gasteiger partial charge on any atom is 0.230 e. The van der Waals surface area contributed by atoms with Crippen LogP contribution in [0.4, 0.5) is 0 Å². The molecule has 27 heavy (non-hydrogen) atoms. The maximum absolute atomic E-state index is 12.3. The molecule has 1 aliphatic rings. The fraction of sp³-hybridized carbons (Fsp3) is 0.381. The molecule has 144 valence electrons. The zero-order valence-corrected chi connectivity index (χ0v) is 17.9. The van der Waals surface area contributed by atoms with Gasteiger partial charge in [-0.3, -0.25) is 9.69 Å². The Hall–Kier alpha value is -1.34. The van der Waals surface area contributed by atoms with E-state index in [9.17, 15) is 4.79 Å². The number of hydrogen-bond acceptors (Lipinski definition) is 4. The van der Waals surface area contributed by atoms with Crippen LogP contribution < -0.4 is 5.32 Å². The van der Waals surface area contributed by atoms with Crippen molar-refractivity contribution in [2.45, 2.75) is 24.9 Å². The fourth-order valence-electron chi connectivity index (χ4n) is 3.05. The second-order valence-corrected chi connectivity index (χ2v) is 8.57. The van der Waals surface area contributed by atoms with Gasteiger partial charge >= 0.3 is 0 Å². The van der Waals surface area contributed by atoms with Gasteiger partial charge in [0, 0.05) is 35.5 Å². The zero-order chi connectivity index (χ0) is 19.1. The molecule has 0 atom stereocenters. The first-order valence-electron chi connectivity index (χ1n) is 9.14. The largest absolute Gasteiger partial charge is 0.379 e. The third-order valence-electron chi connectivity index (χ3n) is 4.59. The highest BCUT2D eigenvalue weighted by atomic mass is 79.9. The number of morpholine rings is 1. The topological polar surface area (TPSA) is 41.6 Å². The van der Waals surface area contributed by atoms with E-state index in [2.05, 4.69) is 63.4 Å². The molecule has 1 fully saturated rings. The number of thioether (sulfide) groups is 1. The van der Waals surface area contributed by atoms with Gasteiger partial charge in [-0.25, -0.2) is 0 Å². The van der Waals surface area contributed by atoms with Crippen LogP contribution in [-0.4, -0.2) is 42.9 Å². The van der Waals surface area contributed by atoms with E-state index in [-0.39, 0.29) is 5.91 Å². The maximum atomic E-state index is 12.3. The van der Waals surface area contributed by atoms with E-state index in [4.69, 9.17) is 4.74 Å². The molecule has 1 heterocycles. The molecule has 1 saturated heterocycles. The predicted molar refractivity (Wildman–Crippen MR) is 114 cm³/mol. The molecule has 1 aliphatic heterocycles. The van der Waals surface area contributed by atoms with E-state index >= 15 is 0 Å². The summed E-state index contributed by atoms with van der Waals surface area (Å²) >= 11 is 5.05. The minimum absolute atomic E-state index is 0.0588. The van der Waals surface area contributed by atoms with Crippen molar-refractivity contribution in [1.82, 2.24) is 10.2 Å². The van der Waals surface area contributed by atoms with Crippen molar-refractivity contribution in [2.24, 2.45) is 0 Å². The van der Waals surface area contributed by atoms with E-state index in [1.54, 1.807) is 11.8 Å². The van der Waals surface area contributed by atoms with Gasteiger partial charge in [0.2, 0.25) is 5.91 Å². The van der Waals surface area contributed by atoms with Crippen LogP contribution in [0.1, 0.15) is 16.7 Å². The molecule has 0 aliphatic carbocycles. The number of hydrogen-bond donors (Lipinski definition) is 1. The molecule has 2 aromatic rings. The summed E-state index contributed by atoms with van der Waals surface area (Å²) in [4.78, 5) is 15.8. The van der Waals surface area contributed by atoms with Gasteiger partial charge in [-0.2, -0.15) is 0 Å². The number of nitrogens with zero attached hydrogens (tertiary/aromatic N) is 1. The molecule has 1 N–H and O–H groups in total. The average molecular weight is 449 g/mol. The molecule has 3 rings (SSSR count). The van der Waals surface area contributed by atoms with E-state index in [1.165, 1.54) is 16.7 Å². The van der Waals surface area contributed by atoms with Gasteiger partial charge in [-0.15, -0.1) is 11.8 Å². The Morgan fingerprint density at radius 1 is 1.19 bits per heavy atom. The smallest absolute Gasteiger partial charge is 0.230 e. The van der Waals surface area contributed by atoms with Gasteiger partial charge in [-0.05, 0) is 41.8 Å². The zero-order valence-electron chi connectivity index (χ0n) is 15.5. The van der Waals surface area contributed by atoms with E-state index < -0.39 is 0 Å². The molecule has 0 aromatic heterocycles. The lowest BCUT2D eigenvalue weighted by molar-refractivity contribution is -0.118. The predicted octanol–water partition coefficient (Wildman–Crippen LogP) is 4.00. The van der Waals surface area contributed by atoms with Crippen LogP contribution in [0.3, 0.4) is 0 Å². The molecular weight excluding hydrogens is 424 g/mol. The number of benzene rings is 2. The Morgan fingerprint density at radius 3 is 2.67 bits per heavy atom. The summed E-state index contributed by atoms with van der Waals surface area (Å²) in [7, 11) is 0. The molecule has 0 unspecified atom stereocenters. The summed E-state index contributed by atoms with van der Waals surface area (Å²) < 4.78 is 6.48. The van der Waals surface area contributed by atoms with Gasteiger partial charge in [0.05, 0.1) is 19.0 Å². The number of halogens is 1. The van der Waals surface area contributed by atoms with Crippen LogP contribution in [0.15, 0.2) is 51.8 Å². The molecule has 0 radical (unpaired) electrons. The fourth-order valence-corrected chi connectivity index (χ4v) is 4.36. The molecule has 1 amide bonds. The van der Waals surface area contributed by atoms with Crippen molar-refractivity contribution in [3.05, 3.63) is 63.6 Å². The highest BCUT2D eigenvalue weighted by Gasteiger charge is 2.13. The lowest BCUT2D eigenvalue weighted by Crippen LogP contribution is -2.36. The molecule has 0 spiro atoms. The van der Waals surface area contributed by atoms with Crippen molar-refractivity contribution in [3.8, 4) is 0 Å². The summed E-state index contributed by atoms with van der Waals surface area (Å²) in [5.41, 5.74) is 3.64. The third kappa shape index (κ3) is 6.35. The van der Waals surface area contributed by atoms with Crippen molar-refractivity contribution in [3.63, 3.8) is 0 Å². The number of rotatable bonds is 7. The second kappa shape index (κ2) is 10.3. The first-order valence-corrected chi connectivity index (χ1v) is 10.9. The number of ether oxygens (including phenoxy) is 1. The van der Waals surface area contributed by atoms with E-state index in [0.29, 0.717) is 12.3 Å². The lowest BCUT2D eigenvalue weighted by atomic mass is 10.1. The van der Waals surface area contributed by atoms with Crippen molar-refractivity contribution in [2.75, 3.05) is 32.1 Å². The van der Waals surface area contributed by atoms with Gasteiger partial charge < -0.3 is 10.1 Å². The highest BCUT2D eigenvalue weighted by Crippen LogP contribution is 2.25. The average Bonchev–Trinajstić information content (AvgIpc) is 2.67. The van der Waals surface area contributed by atoms with Gasteiger partial charge in [0.1, 0.15) is 0 Å². The van der Waals surface area contributed by atoms with Gasteiger partial charge in [0.15, 0.2) is 0 Å².